The van der Waals surface area contributed by atoms with E-state index in [1.165, 1.54) is 6.07 Å². The third kappa shape index (κ3) is 2.53. The van der Waals surface area contributed by atoms with Crippen LogP contribution in [0.1, 0.15) is 39.2 Å². The lowest BCUT2D eigenvalue weighted by Crippen LogP contribution is -2.44. The molecule has 0 radical (unpaired) electrons. The Bertz CT molecular complexity index is 535. The molecule has 4 heteroatoms. The fourth-order valence-electron chi connectivity index (χ4n) is 3.70. The van der Waals surface area contributed by atoms with Gasteiger partial charge in [0.1, 0.15) is 5.82 Å². The van der Waals surface area contributed by atoms with E-state index in [0.717, 1.165) is 12.8 Å². The van der Waals surface area contributed by atoms with Crippen molar-refractivity contribution in [1.82, 2.24) is 0 Å². The van der Waals surface area contributed by atoms with Crippen molar-refractivity contribution in [3.63, 3.8) is 0 Å². The molecule has 0 spiro atoms. The zero-order valence-corrected chi connectivity index (χ0v) is 14.9. The van der Waals surface area contributed by atoms with Crippen molar-refractivity contribution < 1.29 is 13.9 Å². The monoisotopic (exact) mass is 404 g/mol. The van der Waals surface area contributed by atoms with Gasteiger partial charge in [-0.05, 0) is 25.3 Å². The number of ether oxygens (including phenoxy) is 2. The number of alkyl halides is 1. The van der Waals surface area contributed by atoms with Crippen molar-refractivity contribution in [3.8, 4) is 0 Å². The highest BCUT2D eigenvalue weighted by Gasteiger charge is 2.65. The van der Waals surface area contributed by atoms with Crippen LogP contribution in [0.3, 0.4) is 0 Å². The van der Waals surface area contributed by atoms with Gasteiger partial charge in [0.2, 0.25) is 0 Å². The molecule has 0 amide bonds. The van der Waals surface area contributed by atoms with Crippen LogP contribution in [-0.4, -0.2) is 21.2 Å². The van der Waals surface area contributed by atoms with E-state index in [1.807, 2.05) is 6.07 Å². The number of hydrogen-bond acceptors (Lipinski definition) is 2. The van der Waals surface area contributed by atoms with E-state index >= 15 is 0 Å². The van der Waals surface area contributed by atoms with Crippen molar-refractivity contribution in [2.45, 2.75) is 61.5 Å². The number of benzene rings is 1. The molecule has 1 aromatic rings. The minimum absolute atomic E-state index is 0.0468. The number of rotatable bonds is 4. The molecule has 1 aromatic carbocycles. The fourth-order valence-corrected chi connectivity index (χ4v) is 5.67. The van der Waals surface area contributed by atoms with Crippen LogP contribution in [-0.2, 0) is 16.1 Å². The molecular weight excluding hydrogens is 382 g/mol. The van der Waals surface area contributed by atoms with Gasteiger partial charge in [0, 0.05) is 15.9 Å². The lowest BCUT2D eigenvalue weighted by molar-refractivity contribution is -0.0956. The van der Waals surface area contributed by atoms with E-state index in [0.29, 0.717) is 22.0 Å². The van der Waals surface area contributed by atoms with Crippen molar-refractivity contribution in [2.24, 2.45) is 5.92 Å². The summed E-state index contributed by atoms with van der Waals surface area (Å²) in [6, 6.07) is 6.81. The van der Waals surface area contributed by atoms with Crippen LogP contribution >= 0.6 is 22.6 Å². The van der Waals surface area contributed by atoms with Crippen molar-refractivity contribution >= 4 is 22.6 Å². The third-order valence-electron chi connectivity index (χ3n) is 5.10. The molecule has 3 rings (SSSR count). The van der Waals surface area contributed by atoms with Gasteiger partial charge < -0.3 is 9.47 Å². The Morgan fingerprint density at radius 2 is 2.10 bits per heavy atom. The van der Waals surface area contributed by atoms with Gasteiger partial charge >= 0.3 is 0 Å². The summed E-state index contributed by atoms with van der Waals surface area (Å²) in [7, 11) is 0. The Hall–Kier alpha value is -0.200. The zero-order chi connectivity index (χ0) is 15.3. The zero-order valence-electron chi connectivity index (χ0n) is 12.7. The molecule has 2 bridgehead atoms. The fraction of sp³-hybridized carbons (Fsp3) is 0.647. The summed E-state index contributed by atoms with van der Waals surface area (Å²) >= 11 is 2.52. The minimum Gasteiger partial charge on any atom is -0.370 e. The smallest absolute Gasteiger partial charge is 0.128 e. The highest BCUT2D eigenvalue weighted by molar-refractivity contribution is 14.1. The van der Waals surface area contributed by atoms with E-state index in [-0.39, 0.29) is 23.1 Å². The molecule has 2 aliphatic heterocycles. The van der Waals surface area contributed by atoms with Crippen LogP contribution in [0.15, 0.2) is 24.3 Å². The average Bonchev–Trinajstić information content (AvgIpc) is 2.86. The van der Waals surface area contributed by atoms with Crippen molar-refractivity contribution in [1.29, 1.82) is 0 Å². The van der Waals surface area contributed by atoms with Gasteiger partial charge in [-0.15, -0.1) is 0 Å². The predicted molar refractivity (Wildman–Crippen MR) is 89.1 cm³/mol. The molecule has 116 valence electrons. The molecule has 2 fully saturated rings. The SMILES string of the molecule is CC(C)C12CC(OCc3ccccc3F)C(C)(CC1I)O2. The van der Waals surface area contributed by atoms with Gasteiger partial charge in [-0.3, -0.25) is 0 Å². The summed E-state index contributed by atoms with van der Waals surface area (Å²) in [6.07, 6.45) is 1.96. The predicted octanol–water partition coefficient (Wildman–Crippen LogP) is 4.49. The lowest BCUT2D eigenvalue weighted by atomic mass is 9.75. The first-order valence-electron chi connectivity index (χ1n) is 7.57. The molecule has 4 atom stereocenters. The second-order valence-electron chi connectivity index (χ2n) is 6.79. The third-order valence-corrected chi connectivity index (χ3v) is 6.59. The van der Waals surface area contributed by atoms with Gasteiger partial charge in [-0.2, -0.15) is 0 Å². The van der Waals surface area contributed by atoms with Gasteiger partial charge in [0.15, 0.2) is 0 Å². The van der Waals surface area contributed by atoms with Crippen LogP contribution in [0.4, 0.5) is 4.39 Å². The first-order chi connectivity index (χ1) is 9.87. The summed E-state index contributed by atoms with van der Waals surface area (Å²) in [6.45, 7) is 6.89. The number of fused-ring (bicyclic) bond motifs is 2. The molecule has 0 N–H and O–H groups in total. The Labute approximate surface area is 139 Å². The second kappa shape index (κ2) is 5.46. The van der Waals surface area contributed by atoms with Gasteiger partial charge in [-0.1, -0.05) is 54.6 Å². The summed E-state index contributed by atoms with van der Waals surface area (Å²) in [5, 5.41) is 0. The standard InChI is InChI=1S/C17H22FIO2/c1-11(2)17-9-15(16(3,21-17)8-14(17)19)20-10-12-6-4-5-7-13(12)18/h4-7,11,14-15H,8-10H2,1-3H3. The minimum atomic E-state index is -0.235. The molecule has 0 aromatic heterocycles. The largest absolute Gasteiger partial charge is 0.370 e. The Morgan fingerprint density at radius 1 is 1.38 bits per heavy atom. The van der Waals surface area contributed by atoms with Crippen LogP contribution < -0.4 is 0 Å². The summed E-state index contributed by atoms with van der Waals surface area (Å²) < 4.78 is 26.7. The second-order valence-corrected chi connectivity index (χ2v) is 8.29. The average molecular weight is 404 g/mol. The Morgan fingerprint density at radius 3 is 2.71 bits per heavy atom. The maximum Gasteiger partial charge on any atom is 0.128 e. The summed E-state index contributed by atoms with van der Waals surface area (Å²) in [4.78, 5) is 0. The number of halogens is 2. The van der Waals surface area contributed by atoms with Crippen molar-refractivity contribution in [3.05, 3.63) is 35.6 Å². The Balaban J connectivity index is 1.73. The summed E-state index contributed by atoms with van der Waals surface area (Å²) in [5.41, 5.74) is 0.296. The van der Waals surface area contributed by atoms with Crippen LogP contribution in [0, 0.1) is 11.7 Å². The molecule has 0 saturated carbocycles. The quantitative estimate of drug-likeness (QED) is 0.544. The van der Waals surface area contributed by atoms with E-state index < -0.39 is 0 Å². The molecule has 2 heterocycles. The number of hydrogen-bond donors (Lipinski definition) is 0. The van der Waals surface area contributed by atoms with E-state index in [9.17, 15) is 4.39 Å². The summed E-state index contributed by atoms with van der Waals surface area (Å²) in [5.74, 6) is 0.264. The molecule has 2 nitrogen and oxygen atoms in total. The molecule has 4 unspecified atom stereocenters. The maximum absolute atomic E-state index is 13.7. The molecular formula is C17H22FIO2. The first kappa shape index (κ1) is 15.7. The maximum atomic E-state index is 13.7. The molecule has 0 aliphatic carbocycles. The molecule has 2 aliphatic rings. The first-order valence-corrected chi connectivity index (χ1v) is 8.81. The topological polar surface area (TPSA) is 18.5 Å². The van der Waals surface area contributed by atoms with Crippen molar-refractivity contribution in [2.75, 3.05) is 0 Å². The normalized spacial score (nSPS) is 38.4. The highest BCUT2D eigenvalue weighted by atomic mass is 127. The van der Waals surface area contributed by atoms with Crippen LogP contribution in [0.25, 0.3) is 0 Å². The van der Waals surface area contributed by atoms with E-state index in [2.05, 4.69) is 43.4 Å². The van der Waals surface area contributed by atoms with Crippen LogP contribution in [0.5, 0.6) is 0 Å². The van der Waals surface area contributed by atoms with Gasteiger partial charge in [0.05, 0.1) is 23.9 Å². The van der Waals surface area contributed by atoms with E-state index in [1.54, 1.807) is 12.1 Å². The Kier molecular flexibility index (Phi) is 4.08. The molecule has 21 heavy (non-hydrogen) atoms. The lowest BCUT2D eigenvalue weighted by Gasteiger charge is -2.35. The molecule has 2 saturated heterocycles. The van der Waals surface area contributed by atoms with Gasteiger partial charge in [-0.25, -0.2) is 4.39 Å². The van der Waals surface area contributed by atoms with E-state index in [4.69, 9.17) is 9.47 Å². The van der Waals surface area contributed by atoms with Gasteiger partial charge in [0.25, 0.3) is 0 Å². The highest BCUT2D eigenvalue weighted by Crippen LogP contribution is 2.57. The van der Waals surface area contributed by atoms with Crippen LogP contribution in [0.2, 0.25) is 0 Å².